The molecule has 0 fully saturated rings. The van der Waals surface area contributed by atoms with Gasteiger partial charge >= 0.3 is 143 Å². The van der Waals surface area contributed by atoms with Crippen molar-refractivity contribution in [3.05, 3.63) is 64.3 Å². The van der Waals surface area contributed by atoms with Crippen molar-refractivity contribution >= 4 is 6.08 Å². The van der Waals surface area contributed by atoms with Crippen molar-refractivity contribution in [2.75, 3.05) is 0 Å². The van der Waals surface area contributed by atoms with E-state index < -0.39 is 0 Å². The fourth-order valence-corrected chi connectivity index (χ4v) is 7.56. The van der Waals surface area contributed by atoms with Crippen LogP contribution >= 0.6 is 0 Å². The number of benzene rings is 1. The summed E-state index contributed by atoms with van der Waals surface area (Å²) in [5.41, 5.74) is 8.37. The summed E-state index contributed by atoms with van der Waals surface area (Å²) in [6, 6.07) is 9.01. The molecule has 0 N–H and O–H groups in total. The minimum absolute atomic E-state index is 0. The molecule has 0 radical (unpaired) electrons. The van der Waals surface area contributed by atoms with Gasteiger partial charge in [-0.05, 0) is 0 Å². The van der Waals surface area contributed by atoms with Crippen LogP contribution in [0.4, 0.5) is 0 Å². The zero-order valence-electron chi connectivity index (χ0n) is 14.4. The predicted molar refractivity (Wildman–Crippen MR) is 90.4 cm³/mol. The Hall–Kier alpha value is 0.614. The first-order valence-electron chi connectivity index (χ1n) is 8.70. The summed E-state index contributed by atoms with van der Waals surface area (Å²) in [4.78, 5) is 0. The molecule has 0 amide bonds. The molecule has 0 saturated heterocycles. The Morgan fingerprint density at radius 3 is 2.58 bits per heavy atom. The predicted octanol–water partition coefficient (Wildman–Crippen LogP) is 0.100. The largest absolute Gasteiger partial charge is 1.00 e. The van der Waals surface area contributed by atoms with Gasteiger partial charge < -0.3 is 48.0 Å². The summed E-state index contributed by atoms with van der Waals surface area (Å²) in [5.74, 6) is 0.708. The summed E-state index contributed by atoms with van der Waals surface area (Å²) in [6.45, 7) is 4.78. The zero-order valence-corrected chi connectivity index (χ0v) is 20.2. The summed E-state index contributed by atoms with van der Waals surface area (Å²) in [7, 11) is 0. The van der Waals surface area contributed by atoms with E-state index in [0.29, 0.717) is 5.92 Å². The maximum absolute atomic E-state index is 2.60. The summed E-state index contributed by atoms with van der Waals surface area (Å²) >= 11 is -0.0646. The van der Waals surface area contributed by atoms with Crippen LogP contribution in [0.3, 0.4) is 0 Å². The molecule has 24 heavy (non-hydrogen) atoms. The summed E-state index contributed by atoms with van der Waals surface area (Å²) < 4.78 is 1.56. The number of rotatable bonds is 3. The average Bonchev–Trinajstić information content (AvgIpc) is 3.10. The Morgan fingerprint density at radius 1 is 1.04 bits per heavy atom. The van der Waals surface area contributed by atoms with Gasteiger partial charge in [0.15, 0.2) is 0 Å². The molecule has 0 nitrogen and oxygen atoms in total. The van der Waals surface area contributed by atoms with Crippen LogP contribution in [0.5, 0.6) is 0 Å². The van der Waals surface area contributed by atoms with Crippen molar-refractivity contribution in [2.45, 2.75) is 48.0 Å². The van der Waals surface area contributed by atoms with Crippen molar-refractivity contribution in [2.24, 2.45) is 5.92 Å². The van der Waals surface area contributed by atoms with Crippen LogP contribution in [0.25, 0.3) is 6.08 Å². The van der Waals surface area contributed by atoms with Gasteiger partial charge in [0.05, 0.1) is 0 Å². The van der Waals surface area contributed by atoms with Crippen LogP contribution in [0, 0.1) is 5.92 Å². The van der Waals surface area contributed by atoms with Crippen LogP contribution < -0.4 is 48.0 Å². The monoisotopic (exact) mass is 578 g/mol. The quantitative estimate of drug-likeness (QED) is 0.353. The molecule has 2 unspecified atom stereocenters. The van der Waals surface area contributed by atoms with E-state index in [-0.39, 0.29) is 67.1 Å². The molecule has 3 aliphatic carbocycles. The van der Waals surface area contributed by atoms with Gasteiger partial charge in [-0.2, -0.15) is 0 Å². The maximum Gasteiger partial charge on any atom is -1.00 e. The number of hydrogen-bond donors (Lipinski definition) is 0. The second kappa shape index (κ2) is 9.01. The van der Waals surface area contributed by atoms with Crippen LogP contribution in [-0.4, -0.2) is 0 Å². The Morgan fingerprint density at radius 2 is 1.79 bits per heavy atom. The summed E-state index contributed by atoms with van der Waals surface area (Å²) in [5, 5.41) is 0. The Labute approximate surface area is 189 Å². The van der Waals surface area contributed by atoms with Crippen molar-refractivity contribution in [1.82, 2.24) is 0 Å². The van der Waals surface area contributed by atoms with E-state index >= 15 is 0 Å². The Balaban J connectivity index is 0.00000104. The Kier molecular flexibility index (Phi) is 7.85. The number of fused-ring (bicyclic) bond motifs is 1. The molecule has 4 rings (SSSR count). The first-order chi connectivity index (χ1) is 10.7. The smallest absolute Gasteiger partial charge is 1.00 e. The summed E-state index contributed by atoms with van der Waals surface area (Å²) in [6.07, 6.45) is 13.0. The van der Waals surface area contributed by atoms with E-state index in [4.69, 9.17) is 0 Å². The molecule has 0 saturated carbocycles. The van der Waals surface area contributed by atoms with Crippen molar-refractivity contribution in [3.63, 3.8) is 0 Å². The molecule has 3 aliphatic rings. The van der Waals surface area contributed by atoms with Crippen molar-refractivity contribution < 1.29 is 67.1 Å². The minimum atomic E-state index is -0.0646. The minimum Gasteiger partial charge on any atom is -1.00 e. The van der Waals surface area contributed by atoms with E-state index in [0.717, 1.165) is 8.45 Å². The fraction of sp³-hybridized carbons (Fsp3) is 0.429. The van der Waals surface area contributed by atoms with E-state index in [1.165, 1.54) is 31.2 Å². The third-order valence-electron chi connectivity index (χ3n) is 5.39. The van der Waals surface area contributed by atoms with Gasteiger partial charge in [-0.1, -0.05) is 0 Å². The van der Waals surface area contributed by atoms with Crippen LogP contribution in [0.15, 0.2) is 53.1 Å². The molecule has 126 valence electrons. The molecule has 0 spiro atoms. The zero-order chi connectivity index (χ0) is 15.1. The maximum atomic E-state index is 2.60. The van der Waals surface area contributed by atoms with E-state index in [9.17, 15) is 0 Å². The van der Waals surface area contributed by atoms with Gasteiger partial charge in [0.2, 0.25) is 0 Å². The van der Waals surface area contributed by atoms with Crippen molar-refractivity contribution in [3.8, 4) is 0 Å². The normalized spacial score (nSPS) is 23.9. The van der Waals surface area contributed by atoms with Gasteiger partial charge in [-0.3, -0.25) is 0 Å². The molecule has 1 aromatic rings. The van der Waals surface area contributed by atoms with Crippen LogP contribution in [-0.2, 0) is 19.2 Å². The van der Waals surface area contributed by atoms with E-state index in [2.05, 4.69) is 56.3 Å². The topological polar surface area (TPSA) is 0 Å². The first kappa shape index (κ1) is 20.9. The van der Waals surface area contributed by atoms with Gasteiger partial charge in [0, 0.05) is 0 Å². The molecule has 0 heterocycles. The first-order valence-corrected chi connectivity index (χ1v) is 10.5. The van der Waals surface area contributed by atoms with E-state index in [1.807, 2.05) is 5.57 Å². The number of hydrogen-bond acceptors (Lipinski definition) is 0. The number of halogens is 2. The Bertz CT molecular complexity index is 685. The molecule has 0 aromatic heterocycles. The standard InChI is InChI=1S/C12H17.C9H7.2HI.Ti/c1-9(2)12-7-10-5-3-4-6-11(10)8-12;1-2-5-9-7-3-6-8(9)4-1;;;/h7-9H,3-6H2,1-2H3;1-7H;2*1H;/q;;;;+2/p-2. The third kappa shape index (κ3) is 3.97. The SMILES string of the molecule is CC(C)C1=CC2=C(CCCC2)[CH]1[Ti+2][CH]1C=Cc2ccccc21.[I-].[I-]. The van der Waals surface area contributed by atoms with Gasteiger partial charge in [-0.15, -0.1) is 0 Å². The molecular formula is C21H24I2Ti. The molecule has 3 heteroatoms. The van der Waals surface area contributed by atoms with Gasteiger partial charge in [0.25, 0.3) is 0 Å². The van der Waals surface area contributed by atoms with Crippen LogP contribution in [0.1, 0.15) is 54.9 Å². The number of allylic oxidation sites excluding steroid dienone is 5. The molecule has 1 aromatic carbocycles. The molecular weight excluding hydrogens is 554 g/mol. The molecule has 2 atom stereocenters. The fourth-order valence-electron chi connectivity index (χ4n) is 4.20. The van der Waals surface area contributed by atoms with Crippen molar-refractivity contribution in [1.29, 1.82) is 0 Å². The molecule has 0 bridgehead atoms. The second-order valence-corrected chi connectivity index (χ2v) is 9.52. The molecule has 0 aliphatic heterocycles. The average molecular weight is 578 g/mol. The second-order valence-electron chi connectivity index (χ2n) is 7.12. The van der Waals surface area contributed by atoms with Crippen LogP contribution in [0.2, 0.25) is 4.22 Å². The third-order valence-corrected chi connectivity index (χ3v) is 8.32. The van der Waals surface area contributed by atoms with E-state index in [1.54, 1.807) is 16.7 Å². The van der Waals surface area contributed by atoms with Gasteiger partial charge in [0.1, 0.15) is 0 Å². The van der Waals surface area contributed by atoms with Gasteiger partial charge in [-0.25, -0.2) is 0 Å².